The fourth-order valence-electron chi connectivity index (χ4n) is 1.73. The molecule has 1 aromatic carbocycles. The van der Waals surface area contributed by atoms with E-state index in [0.29, 0.717) is 18.7 Å². The molecule has 1 aromatic rings. The summed E-state index contributed by atoms with van der Waals surface area (Å²) < 4.78 is 0. The molecule has 5 heteroatoms. The Morgan fingerprint density at radius 3 is 2.58 bits per heavy atom. The lowest BCUT2D eigenvalue weighted by Gasteiger charge is -2.23. The first kappa shape index (κ1) is 15.0. The van der Waals surface area contributed by atoms with Gasteiger partial charge in [-0.1, -0.05) is 12.1 Å². The fraction of sp³-hybridized carbons (Fsp3) is 0.429. The number of amides is 2. The van der Waals surface area contributed by atoms with Gasteiger partial charge in [0.2, 0.25) is 0 Å². The maximum absolute atomic E-state index is 11.9. The van der Waals surface area contributed by atoms with Crippen molar-refractivity contribution < 1.29 is 9.90 Å². The van der Waals surface area contributed by atoms with Crippen molar-refractivity contribution in [1.82, 2.24) is 10.2 Å². The van der Waals surface area contributed by atoms with E-state index in [9.17, 15) is 4.79 Å². The Kier molecular flexibility index (Phi) is 5.83. The van der Waals surface area contributed by atoms with Crippen LogP contribution in [-0.2, 0) is 0 Å². The predicted molar refractivity (Wildman–Crippen MR) is 72.4 cm³/mol. The lowest BCUT2D eigenvalue weighted by atomic mass is 10.1. The molecule has 0 radical (unpaired) electrons. The van der Waals surface area contributed by atoms with Gasteiger partial charge in [-0.3, -0.25) is 0 Å². The Labute approximate surface area is 113 Å². The van der Waals surface area contributed by atoms with Crippen LogP contribution in [-0.4, -0.2) is 35.7 Å². The number of carbonyl (C=O) groups excluding carboxylic acids is 1. The molecule has 0 saturated carbocycles. The molecule has 2 N–H and O–H groups in total. The van der Waals surface area contributed by atoms with Crippen LogP contribution in [0.1, 0.15) is 31.0 Å². The van der Waals surface area contributed by atoms with E-state index in [4.69, 9.17) is 10.4 Å². The van der Waals surface area contributed by atoms with Crippen molar-refractivity contribution >= 4 is 6.03 Å². The van der Waals surface area contributed by atoms with E-state index in [0.717, 1.165) is 5.56 Å². The van der Waals surface area contributed by atoms with Crippen molar-refractivity contribution in [2.45, 2.75) is 19.9 Å². The molecule has 102 valence electrons. The Balaban J connectivity index is 2.65. The predicted octanol–water partition coefficient (Wildman–Crippen LogP) is 1.64. The third-order valence-corrected chi connectivity index (χ3v) is 2.92. The van der Waals surface area contributed by atoms with Gasteiger partial charge >= 0.3 is 6.03 Å². The highest BCUT2D eigenvalue weighted by Crippen LogP contribution is 2.13. The molecule has 1 atom stereocenters. The molecule has 0 aromatic heterocycles. The minimum atomic E-state index is -0.201. The molecule has 0 aliphatic carbocycles. The summed E-state index contributed by atoms with van der Waals surface area (Å²) in [6.07, 6.45) is 0. The first-order chi connectivity index (χ1) is 9.12. The molecule has 0 fully saturated rings. The van der Waals surface area contributed by atoms with Crippen molar-refractivity contribution in [3.8, 4) is 6.07 Å². The van der Waals surface area contributed by atoms with Crippen molar-refractivity contribution in [2.24, 2.45) is 0 Å². The SMILES string of the molecule is CCN(CCO)C(=O)NC(C)c1ccc(C#N)cc1. The summed E-state index contributed by atoms with van der Waals surface area (Å²) in [6, 6.07) is 8.81. The number of hydrogen-bond donors (Lipinski definition) is 2. The van der Waals surface area contributed by atoms with E-state index < -0.39 is 0 Å². The topological polar surface area (TPSA) is 76.4 Å². The van der Waals surface area contributed by atoms with Crippen molar-refractivity contribution in [3.63, 3.8) is 0 Å². The number of urea groups is 1. The summed E-state index contributed by atoms with van der Waals surface area (Å²) in [4.78, 5) is 13.5. The summed E-state index contributed by atoms with van der Waals surface area (Å²) in [6.45, 7) is 4.56. The number of aliphatic hydroxyl groups is 1. The van der Waals surface area contributed by atoms with Gasteiger partial charge in [-0.25, -0.2) is 4.79 Å². The first-order valence-corrected chi connectivity index (χ1v) is 6.28. The number of nitriles is 1. The second-order valence-electron chi connectivity index (χ2n) is 4.21. The van der Waals surface area contributed by atoms with Gasteiger partial charge in [-0.05, 0) is 31.5 Å². The molecule has 0 bridgehead atoms. The highest BCUT2D eigenvalue weighted by atomic mass is 16.3. The number of nitrogens with one attached hydrogen (secondary N) is 1. The van der Waals surface area contributed by atoms with Crippen LogP contribution in [0.5, 0.6) is 0 Å². The molecule has 1 rings (SSSR count). The number of rotatable bonds is 5. The van der Waals surface area contributed by atoms with Gasteiger partial charge in [0.05, 0.1) is 24.3 Å². The summed E-state index contributed by atoms with van der Waals surface area (Å²) in [7, 11) is 0. The average molecular weight is 261 g/mol. The number of likely N-dealkylation sites (N-methyl/N-ethyl adjacent to an activating group) is 1. The summed E-state index contributed by atoms with van der Waals surface area (Å²) in [5.74, 6) is 0. The van der Waals surface area contributed by atoms with E-state index in [1.54, 1.807) is 17.0 Å². The third-order valence-electron chi connectivity index (χ3n) is 2.92. The number of hydrogen-bond acceptors (Lipinski definition) is 3. The van der Waals surface area contributed by atoms with Crippen LogP contribution in [0, 0.1) is 11.3 Å². The van der Waals surface area contributed by atoms with E-state index >= 15 is 0 Å². The molecule has 0 heterocycles. The van der Waals surface area contributed by atoms with Crippen molar-refractivity contribution in [1.29, 1.82) is 5.26 Å². The number of aliphatic hydroxyl groups excluding tert-OH is 1. The van der Waals surface area contributed by atoms with Crippen LogP contribution in [0.4, 0.5) is 4.79 Å². The Morgan fingerprint density at radius 2 is 2.11 bits per heavy atom. The highest BCUT2D eigenvalue weighted by Gasteiger charge is 2.14. The maximum Gasteiger partial charge on any atom is 0.317 e. The van der Waals surface area contributed by atoms with Crippen LogP contribution >= 0.6 is 0 Å². The van der Waals surface area contributed by atoms with E-state index in [-0.39, 0.29) is 18.7 Å². The Hall–Kier alpha value is -2.06. The van der Waals surface area contributed by atoms with E-state index in [1.807, 2.05) is 26.0 Å². The second-order valence-corrected chi connectivity index (χ2v) is 4.21. The quantitative estimate of drug-likeness (QED) is 0.846. The summed E-state index contributed by atoms with van der Waals surface area (Å²) in [5.41, 5.74) is 1.53. The largest absolute Gasteiger partial charge is 0.395 e. The molecule has 2 amide bonds. The molecule has 0 aliphatic heterocycles. The minimum Gasteiger partial charge on any atom is -0.395 e. The third kappa shape index (κ3) is 4.27. The molecule has 0 aliphatic rings. The molecule has 0 spiro atoms. The lowest BCUT2D eigenvalue weighted by molar-refractivity contribution is 0.178. The van der Waals surface area contributed by atoms with Gasteiger partial charge in [0.15, 0.2) is 0 Å². The van der Waals surface area contributed by atoms with Gasteiger partial charge in [-0.2, -0.15) is 5.26 Å². The normalized spacial score (nSPS) is 11.5. The zero-order valence-electron chi connectivity index (χ0n) is 11.3. The Bertz CT molecular complexity index is 451. The van der Waals surface area contributed by atoms with Gasteiger partial charge < -0.3 is 15.3 Å². The zero-order valence-corrected chi connectivity index (χ0v) is 11.3. The number of nitrogens with zero attached hydrogens (tertiary/aromatic N) is 2. The molecule has 19 heavy (non-hydrogen) atoms. The fourth-order valence-corrected chi connectivity index (χ4v) is 1.73. The van der Waals surface area contributed by atoms with Crippen LogP contribution < -0.4 is 5.32 Å². The maximum atomic E-state index is 11.9. The standard InChI is InChI=1S/C14H19N3O2/c1-3-17(8-9-18)14(19)16-11(2)13-6-4-12(10-15)5-7-13/h4-7,11,18H,3,8-9H2,1-2H3,(H,16,19). The van der Waals surface area contributed by atoms with Crippen molar-refractivity contribution in [2.75, 3.05) is 19.7 Å². The van der Waals surface area contributed by atoms with Crippen LogP contribution in [0.2, 0.25) is 0 Å². The highest BCUT2D eigenvalue weighted by molar-refractivity contribution is 5.74. The molecular weight excluding hydrogens is 242 g/mol. The van der Waals surface area contributed by atoms with Gasteiger partial charge in [0.25, 0.3) is 0 Å². The number of carbonyl (C=O) groups is 1. The van der Waals surface area contributed by atoms with Gasteiger partial charge in [0.1, 0.15) is 0 Å². The lowest BCUT2D eigenvalue weighted by Crippen LogP contribution is -2.42. The van der Waals surface area contributed by atoms with Crippen LogP contribution in [0.15, 0.2) is 24.3 Å². The summed E-state index contributed by atoms with van der Waals surface area (Å²) in [5, 5.41) is 20.5. The molecule has 1 unspecified atom stereocenters. The molecular formula is C14H19N3O2. The van der Waals surface area contributed by atoms with Crippen molar-refractivity contribution in [3.05, 3.63) is 35.4 Å². The minimum absolute atomic E-state index is 0.0491. The smallest absolute Gasteiger partial charge is 0.317 e. The van der Waals surface area contributed by atoms with E-state index in [1.165, 1.54) is 0 Å². The van der Waals surface area contributed by atoms with Crippen LogP contribution in [0.25, 0.3) is 0 Å². The van der Waals surface area contributed by atoms with Crippen LogP contribution in [0.3, 0.4) is 0 Å². The average Bonchev–Trinajstić information content (AvgIpc) is 2.44. The second kappa shape index (κ2) is 7.39. The molecule has 0 saturated heterocycles. The zero-order chi connectivity index (χ0) is 14.3. The number of benzene rings is 1. The Morgan fingerprint density at radius 1 is 1.47 bits per heavy atom. The molecule has 5 nitrogen and oxygen atoms in total. The first-order valence-electron chi connectivity index (χ1n) is 6.28. The van der Waals surface area contributed by atoms with E-state index in [2.05, 4.69) is 11.4 Å². The summed E-state index contributed by atoms with van der Waals surface area (Å²) >= 11 is 0. The van der Waals surface area contributed by atoms with Gasteiger partial charge in [-0.15, -0.1) is 0 Å². The van der Waals surface area contributed by atoms with Gasteiger partial charge in [0, 0.05) is 13.1 Å². The monoisotopic (exact) mass is 261 g/mol.